The summed E-state index contributed by atoms with van der Waals surface area (Å²) in [6.07, 6.45) is 0. The van der Waals surface area contributed by atoms with Gasteiger partial charge in [0, 0.05) is 34.9 Å². The van der Waals surface area contributed by atoms with E-state index in [2.05, 4.69) is 15.9 Å². The summed E-state index contributed by atoms with van der Waals surface area (Å²) in [5.41, 5.74) is 0. The maximum absolute atomic E-state index is 12.0. The van der Waals surface area contributed by atoms with Gasteiger partial charge in [0.05, 0.1) is 12.5 Å². The molecule has 5 nitrogen and oxygen atoms in total. The number of halogens is 1. The number of rotatable bonds is 3. The Hall–Kier alpha value is -1.08. The topological polar surface area (TPSA) is 60.9 Å². The van der Waals surface area contributed by atoms with E-state index < -0.39 is 11.9 Å². The lowest BCUT2D eigenvalue weighted by atomic mass is 10.0. The summed E-state index contributed by atoms with van der Waals surface area (Å²) in [6.45, 7) is 1.17. The number of likely N-dealkylation sites (tertiary alicyclic amines) is 1. The van der Waals surface area contributed by atoms with Crippen molar-refractivity contribution in [1.82, 2.24) is 9.80 Å². The Morgan fingerprint density at radius 3 is 2.78 bits per heavy atom. The van der Waals surface area contributed by atoms with Gasteiger partial charge in [0.15, 0.2) is 0 Å². The van der Waals surface area contributed by atoms with Crippen molar-refractivity contribution in [3.63, 3.8) is 0 Å². The molecule has 7 heteroatoms. The number of hydrogen-bond donors (Lipinski definition) is 1. The fraction of sp³-hybridized carbons (Fsp3) is 0.455. The minimum atomic E-state index is -0.830. The highest BCUT2D eigenvalue weighted by Crippen LogP contribution is 2.22. The Balaban J connectivity index is 1.85. The molecule has 1 N–H and O–H groups in total. The lowest BCUT2D eigenvalue weighted by Gasteiger charge is -2.38. The number of carbonyl (C=O) groups excluding carboxylic acids is 1. The second-order valence-electron chi connectivity index (χ2n) is 4.31. The summed E-state index contributed by atoms with van der Waals surface area (Å²) in [6, 6.07) is 1.86. The molecule has 2 amide bonds. The average Bonchev–Trinajstić information content (AvgIpc) is 2.60. The molecule has 0 saturated carbocycles. The van der Waals surface area contributed by atoms with Crippen molar-refractivity contribution in [2.75, 3.05) is 20.1 Å². The van der Waals surface area contributed by atoms with Crippen LogP contribution in [0.15, 0.2) is 15.9 Å². The van der Waals surface area contributed by atoms with Crippen LogP contribution in [0.5, 0.6) is 0 Å². The van der Waals surface area contributed by atoms with Crippen molar-refractivity contribution in [3.05, 3.63) is 20.8 Å². The third-order valence-electron chi connectivity index (χ3n) is 2.84. The molecule has 1 fully saturated rings. The van der Waals surface area contributed by atoms with Crippen LogP contribution in [0.3, 0.4) is 0 Å². The van der Waals surface area contributed by atoms with Crippen molar-refractivity contribution in [2.45, 2.75) is 6.54 Å². The highest BCUT2D eigenvalue weighted by atomic mass is 79.9. The summed E-state index contributed by atoms with van der Waals surface area (Å²) in [5.74, 6) is -1.23. The summed E-state index contributed by atoms with van der Waals surface area (Å²) < 4.78 is 1.01. The SMILES string of the molecule is CN(Cc1cc(Br)cs1)C(=O)N1CC(C(=O)O)C1. The first kappa shape index (κ1) is 13.4. The van der Waals surface area contributed by atoms with E-state index in [1.165, 1.54) is 0 Å². The minimum Gasteiger partial charge on any atom is -0.481 e. The fourth-order valence-corrected chi connectivity index (χ4v) is 3.27. The molecule has 2 heterocycles. The van der Waals surface area contributed by atoms with Crippen LogP contribution in [0, 0.1) is 5.92 Å². The van der Waals surface area contributed by atoms with Crippen LogP contribution in [0.25, 0.3) is 0 Å². The quantitative estimate of drug-likeness (QED) is 0.921. The van der Waals surface area contributed by atoms with E-state index in [4.69, 9.17) is 5.11 Å². The molecule has 1 aliphatic rings. The second-order valence-corrected chi connectivity index (χ2v) is 6.22. The van der Waals surface area contributed by atoms with Gasteiger partial charge in [-0.3, -0.25) is 4.79 Å². The molecule has 1 aliphatic heterocycles. The van der Waals surface area contributed by atoms with Crippen LogP contribution >= 0.6 is 27.3 Å². The Kier molecular flexibility index (Phi) is 3.91. The summed E-state index contributed by atoms with van der Waals surface area (Å²) >= 11 is 4.95. The molecular formula is C11H13BrN2O3S. The first-order chi connectivity index (χ1) is 8.47. The van der Waals surface area contributed by atoms with Crippen LogP contribution in [0.4, 0.5) is 4.79 Å². The number of carboxylic acid groups (broad SMARTS) is 1. The minimum absolute atomic E-state index is 0.114. The molecule has 98 valence electrons. The molecule has 1 saturated heterocycles. The van der Waals surface area contributed by atoms with E-state index in [-0.39, 0.29) is 6.03 Å². The largest absolute Gasteiger partial charge is 0.481 e. The van der Waals surface area contributed by atoms with E-state index in [9.17, 15) is 9.59 Å². The molecule has 0 atom stereocenters. The number of aliphatic carboxylic acids is 1. The number of urea groups is 1. The maximum Gasteiger partial charge on any atom is 0.320 e. The van der Waals surface area contributed by atoms with Gasteiger partial charge in [-0.15, -0.1) is 11.3 Å². The summed E-state index contributed by atoms with van der Waals surface area (Å²) in [4.78, 5) is 26.9. The zero-order chi connectivity index (χ0) is 13.3. The molecule has 0 radical (unpaired) electrons. The van der Waals surface area contributed by atoms with Gasteiger partial charge in [0.25, 0.3) is 0 Å². The lowest BCUT2D eigenvalue weighted by molar-refractivity contribution is -0.146. The molecule has 0 bridgehead atoms. The molecule has 18 heavy (non-hydrogen) atoms. The molecule has 2 rings (SSSR count). The smallest absolute Gasteiger partial charge is 0.320 e. The monoisotopic (exact) mass is 332 g/mol. The summed E-state index contributed by atoms with van der Waals surface area (Å²) in [7, 11) is 1.73. The second kappa shape index (κ2) is 5.27. The van der Waals surface area contributed by atoms with Crippen LogP contribution < -0.4 is 0 Å². The predicted molar refractivity (Wildman–Crippen MR) is 71.6 cm³/mol. The van der Waals surface area contributed by atoms with Gasteiger partial charge in [0.2, 0.25) is 0 Å². The molecule has 1 aromatic rings. The van der Waals surface area contributed by atoms with Gasteiger partial charge in [-0.05, 0) is 22.0 Å². The number of nitrogens with zero attached hydrogens (tertiary/aromatic N) is 2. The van der Waals surface area contributed by atoms with E-state index in [1.54, 1.807) is 28.2 Å². The van der Waals surface area contributed by atoms with E-state index >= 15 is 0 Å². The standard InChI is InChI=1S/C11H13BrN2O3S/c1-13(5-9-2-8(12)6-18-9)11(17)14-3-7(4-14)10(15)16/h2,6-7H,3-5H2,1H3,(H,15,16). The highest BCUT2D eigenvalue weighted by Gasteiger charge is 2.36. The maximum atomic E-state index is 12.0. The Bertz CT molecular complexity index is 471. The normalized spacial score (nSPS) is 15.3. The Morgan fingerprint density at radius 2 is 2.28 bits per heavy atom. The number of carboxylic acids is 1. The van der Waals surface area contributed by atoms with Crippen molar-refractivity contribution in [3.8, 4) is 0 Å². The molecule has 1 aromatic heterocycles. The van der Waals surface area contributed by atoms with Gasteiger partial charge in [0.1, 0.15) is 0 Å². The van der Waals surface area contributed by atoms with Crippen molar-refractivity contribution in [1.29, 1.82) is 0 Å². The molecule has 0 unspecified atom stereocenters. The van der Waals surface area contributed by atoms with Gasteiger partial charge in [-0.2, -0.15) is 0 Å². The zero-order valence-electron chi connectivity index (χ0n) is 9.80. The first-order valence-corrected chi connectivity index (χ1v) is 7.10. The van der Waals surface area contributed by atoms with E-state index in [0.717, 1.165) is 9.35 Å². The number of thiophene rings is 1. The van der Waals surface area contributed by atoms with Gasteiger partial charge >= 0.3 is 12.0 Å². The predicted octanol–water partition coefficient (Wildman–Crippen LogP) is 2.08. The van der Waals surface area contributed by atoms with Crippen molar-refractivity contribution >= 4 is 39.3 Å². The van der Waals surface area contributed by atoms with Crippen molar-refractivity contribution < 1.29 is 14.7 Å². The average molecular weight is 333 g/mol. The van der Waals surface area contributed by atoms with Crippen LogP contribution in [-0.2, 0) is 11.3 Å². The number of carbonyl (C=O) groups is 2. The Morgan fingerprint density at radius 1 is 1.61 bits per heavy atom. The number of hydrogen-bond acceptors (Lipinski definition) is 3. The molecular weight excluding hydrogens is 320 g/mol. The molecule has 0 aliphatic carbocycles. The van der Waals surface area contributed by atoms with Gasteiger partial charge in [-0.1, -0.05) is 0 Å². The lowest BCUT2D eigenvalue weighted by Crippen LogP contribution is -2.56. The fourth-order valence-electron chi connectivity index (χ4n) is 1.77. The van der Waals surface area contributed by atoms with Gasteiger partial charge in [-0.25, -0.2) is 4.79 Å². The van der Waals surface area contributed by atoms with E-state index in [0.29, 0.717) is 19.6 Å². The van der Waals surface area contributed by atoms with Crippen LogP contribution in [-0.4, -0.2) is 47.0 Å². The molecule has 0 aromatic carbocycles. The highest BCUT2D eigenvalue weighted by molar-refractivity contribution is 9.10. The Labute approximate surface area is 117 Å². The number of amides is 2. The van der Waals surface area contributed by atoms with Crippen LogP contribution in [0.1, 0.15) is 4.88 Å². The van der Waals surface area contributed by atoms with Gasteiger partial charge < -0.3 is 14.9 Å². The first-order valence-electron chi connectivity index (χ1n) is 5.43. The van der Waals surface area contributed by atoms with Crippen LogP contribution in [0.2, 0.25) is 0 Å². The van der Waals surface area contributed by atoms with Crippen molar-refractivity contribution in [2.24, 2.45) is 5.92 Å². The zero-order valence-corrected chi connectivity index (χ0v) is 12.2. The third-order valence-corrected chi connectivity index (χ3v) is 4.52. The summed E-state index contributed by atoms with van der Waals surface area (Å²) in [5, 5.41) is 10.7. The van der Waals surface area contributed by atoms with E-state index in [1.807, 2.05) is 11.4 Å². The third kappa shape index (κ3) is 2.84. The molecule has 0 spiro atoms.